The van der Waals surface area contributed by atoms with Gasteiger partial charge in [0, 0.05) is 18.8 Å². The van der Waals surface area contributed by atoms with E-state index in [1.165, 1.54) is 0 Å². The Labute approximate surface area is 161 Å². The lowest BCUT2D eigenvalue weighted by atomic mass is 10.2. The van der Waals surface area contributed by atoms with E-state index < -0.39 is 0 Å². The van der Waals surface area contributed by atoms with Crippen molar-refractivity contribution in [2.24, 2.45) is 10.7 Å². The third kappa shape index (κ3) is 7.01. The largest absolute Gasteiger partial charge is 0.491 e. The zero-order chi connectivity index (χ0) is 19.6. The molecule has 3 N–H and O–H groups in total. The van der Waals surface area contributed by atoms with Gasteiger partial charge in [-0.15, -0.1) is 0 Å². The molecule has 0 aliphatic carbocycles. The lowest BCUT2D eigenvalue weighted by molar-refractivity contribution is -0.130. The highest BCUT2D eigenvalue weighted by molar-refractivity contribution is 5.93. The normalized spacial score (nSPS) is 11.3. The van der Waals surface area contributed by atoms with Crippen LogP contribution in [0.5, 0.6) is 5.75 Å². The van der Waals surface area contributed by atoms with Gasteiger partial charge in [0.15, 0.2) is 5.96 Å². The topological polar surface area (TPSA) is 80.0 Å². The number of rotatable bonds is 8. The number of carbonyl (C=O) groups excluding carboxylic acids is 1. The number of amides is 1. The predicted molar refractivity (Wildman–Crippen MR) is 110 cm³/mol. The average molecular weight is 368 g/mol. The minimum atomic E-state index is -0.0632. The van der Waals surface area contributed by atoms with Crippen molar-refractivity contribution in [3.05, 3.63) is 60.2 Å². The Hall–Kier alpha value is -3.02. The highest BCUT2D eigenvalue weighted by Crippen LogP contribution is 2.16. The Morgan fingerprint density at radius 3 is 2.41 bits per heavy atom. The molecule has 6 nitrogen and oxygen atoms in total. The highest BCUT2D eigenvalue weighted by atomic mass is 16.5. The van der Waals surface area contributed by atoms with Crippen molar-refractivity contribution < 1.29 is 9.53 Å². The molecule has 0 saturated heterocycles. The number of likely N-dealkylation sites (N-methyl/N-ethyl adjacent to an activating group) is 1. The molecule has 0 fully saturated rings. The van der Waals surface area contributed by atoms with Gasteiger partial charge in [-0.1, -0.05) is 30.3 Å². The molecule has 0 heterocycles. The van der Waals surface area contributed by atoms with Gasteiger partial charge in [-0.05, 0) is 50.6 Å². The molecule has 0 radical (unpaired) electrons. The summed E-state index contributed by atoms with van der Waals surface area (Å²) in [5, 5.41) is 2.99. The number of benzene rings is 2. The van der Waals surface area contributed by atoms with Crippen molar-refractivity contribution in [3.8, 4) is 5.75 Å². The summed E-state index contributed by atoms with van der Waals surface area (Å²) in [6, 6.07) is 17.3. The average Bonchev–Trinajstić information content (AvgIpc) is 2.66. The van der Waals surface area contributed by atoms with Crippen molar-refractivity contribution in [3.63, 3.8) is 0 Å². The van der Waals surface area contributed by atoms with E-state index in [9.17, 15) is 4.79 Å². The van der Waals surface area contributed by atoms with Gasteiger partial charge in [0.2, 0.25) is 5.91 Å². The van der Waals surface area contributed by atoms with Crippen molar-refractivity contribution >= 4 is 17.6 Å². The number of hydrogen-bond acceptors (Lipinski definition) is 3. The van der Waals surface area contributed by atoms with Crippen LogP contribution in [-0.4, -0.2) is 36.0 Å². The van der Waals surface area contributed by atoms with Crippen LogP contribution in [0.25, 0.3) is 0 Å². The van der Waals surface area contributed by atoms with Crippen LogP contribution < -0.4 is 15.8 Å². The van der Waals surface area contributed by atoms with Crippen molar-refractivity contribution in [2.45, 2.75) is 33.4 Å². The van der Waals surface area contributed by atoms with E-state index in [1.807, 2.05) is 75.4 Å². The molecule has 0 aromatic heterocycles. The van der Waals surface area contributed by atoms with Crippen LogP contribution in [0.15, 0.2) is 59.6 Å². The van der Waals surface area contributed by atoms with E-state index in [-0.39, 0.29) is 24.5 Å². The molecule has 144 valence electrons. The van der Waals surface area contributed by atoms with E-state index in [2.05, 4.69) is 10.3 Å². The summed E-state index contributed by atoms with van der Waals surface area (Å²) in [5.41, 5.74) is 7.78. The first-order valence-electron chi connectivity index (χ1n) is 9.13. The molecule has 0 unspecified atom stereocenters. The summed E-state index contributed by atoms with van der Waals surface area (Å²) in [7, 11) is 0. The van der Waals surface area contributed by atoms with Crippen LogP contribution in [0.2, 0.25) is 0 Å². The number of guanidine groups is 1. The monoisotopic (exact) mass is 368 g/mol. The van der Waals surface area contributed by atoms with E-state index in [0.717, 1.165) is 17.0 Å². The molecule has 27 heavy (non-hydrogen) atoms. The third-order valence-corrected chi connectivity index (χ3v) is 3.83. The maximum Gasteiger partial charge on any atom is 0.244 e. The van der Waals surface area contributed by atoms with E-state index in [4.69, 9.17) is 10.5 Å². The smallest absolute Gasteiger partial charge is 0.244 e. The second kappa shape index (κ2) is 10.2. The summed E-state index contributed by atoms with van der Waals surface area (Å²) in [5.74, 6) is 0.934. The van der Waals surface area contributed by atoms with Crippen LogP contribution in [0.3, 0.4) is 0 Å². The highest BCUT2D eigenvalue weighted by Gasteiger charge is 2.11. The summed E-state index contributed by atoms with van der Waals surface area (Å²) in [6.45, 7) is 7.10. The molecule has 2 aromatic rings. The molecule has 0 aliphatic rings. The first-order chi connectivity index (χ1) is 13.0. The summed E-state index contributed by atoms with van der Waals surface area (Å²) in [4.78, 5) is 18.3. The fourth-order valence-corrected chi connectivity index (χ4v) is 2.51. The first-order valence-corrected chi connectivity index (χ1v) is 9.13. The SMILES string of the molecule is CCN(Cc1ccccc1)C(=O)CN=C(N)Nc1ccc(OC(C)C)cc1. The second-order valence-electron chi connectivity index (χ2n) is 6.41. The van der Waals surface area contributed by atoms with Gasteiger partial charge in [-0.25, -0.2) is 4.99 Å². The van der Waals surface area contributed by atoms with Gasteiger partial charge in [0.25, 0.3) is 0 Å². The van der Waals surface area contributed by atoms with Crippen molar-refractivity contribution in [2.75, 3.05) is 18.4 Å². The second-order valence-corrected chi connectivity index (χ2v) is 6.41. The van der Waals surface area contributed by atoms with Gasteiger partial charge in [0.05, 0.1) is 6.10 Å². The van der Waals surface area contributed by atoms with Crippen LogP contribution >= 0.6 is 0 Å². The van der Waals surface area contributed by atoms with E-state index >= 15 is 0 Å². The lowest BCUT2D eigenvalue weighted by Gasteiger charge is -2.20. The number of aliphatic imine (C=N–C) groups is 1. The van der Waals surface area contributed by atoms with Gasteiger partial charge in [0.1, 0.15) is 12.3 Å². The Balaban J connectivity index is 1.88. The van der Waals surface area contributed by atoms with Crippen LogP contribution in [0.1, 0.15) is 26.3 Å². The number of carbonyl (C=O) groups is 1. The van der Waals surface area contributed by atoms with Crippen LogP contribution in [-0.2, 0) is 11.3 Å². The third-order valence-electron chi connectivity index (χ3n) is 3.83. The molecule has 1 amide bonds. The number of nitrogens with one attached hydrogen (secondary N) is 1. The Kier molecular flexibility index (Phi) is 7.67. The molecule has 0 bridgehead atoms. The molecule has 0 aliphatic heterocycles. The van der Waals surface area contributed by atoms with Gasteiger partial charge >= 0.3 is 0 Å². The number of anilines is 1. The molecule has 2 rings (SSSR count). The maximum absolute atomic E-state index is 12.4. The fraction of sp³-hybridized carbons (Fsp3) is 0.333. The van der Waals surface area contributed by atoms with E-state index in [1.54, 1.807) is 4.90 Å². The minimum Gasteiger partial charge on any atom is -0.491 e. The number of ether oxygens (including phenoxy) is 1. The molecule has 6 heteroatoms. The quantitative estimate of drug-likeness (QED) is 0.554. The Morgan fingerprint density at radius 2 is 1.81 bits per heavy atom. The predicted octanol–water partition coefficient (Wildman–Crippen LogP) is 3.25. The van der Waals surface area contributed by atoms with Gasteiger partial charge in [-0.2, -0.15) is 0 Å². The van der Waals surface area contributed by atoms with Gasteiger partial charge in [-0.3, -0.25) is 4.79 Å². The molecule has 2 aromatic carbocycles. The Bertz CT molecular complexity index is 743. The number of nitrogens with two attached hydrogens (primary N) is 1. The summed E-state index contributed by atoms with van der Waals surface area (Å²) in [6.07, 6.45) is 0.124. The molecular weight excluding hydrogens is 340 g/mol. The van der Waals surface area contributed by atoms with Crippen molar-refractivity contribution in [1.82, 2.24) is 4.90 Å². The first kappa shape index (κ1) is 20.3. The molecule has 0 spiro atoms. The maximum atomic E-state index is 12.4. The van der Waals surface area contributed by atoms with Crippen LogP contribution in [0.4, 0.5) is 5.69 Å². The zero-order valence-electron chi connectivity index (χ0n) is 16.2. The Morgan fingerprint density at radius 1 is 1.15 bits per heavy atom. The standard InChI is InChI=1S/C21H28N4O2/c1-4-25(15-17-8-6-5-7-9-17)20(26)14-23-21(22)24-18-10-12-19(13-11-18)27-16(2)3/h5-13,16H,4,14-15H2,1-3H3,(H3,22,23,24). The van der Waals surface area contributed by atoms with Crippen LogP contribution in [0, 0.1) is 0 Å². The summed E-state index contributed by atoms with van der Waals surface area (Å²) >= 11 is 0. The lowest BCUT2D eigenvalue weighted by Crippen LogP contribution is -2.33. The fourth-order valence-electron chi connectivity index (χ4n) is 2.51. The van der Waals surface area contributed by atoms with E-state index in [0.29, 0.717) is 13.1 Å². The molecular formula is C21H28N4O2. The summed E-state index contributed by atoms with van der Waals surface area (Å²) < 4.78 is 5.60. The molecule has 0 saturated carbocycles. The van der Waals surface area contributed by atoms with Gasteiger partial charge < -0.3 is 20.7 Å². The van der Waals surface area contributed by atoms with Crippen molar-refractivity contribution in [1.29, 1.82) is 0 Å². The molecule has 0 atom stereocenters. The zero-order valence-corrected chi connectivity index (χ0v) is 16.2. The number of nitrogens with zero attached hydrogens (tertiary/aromatic N) is 2. The number of hydrogen-bond donors (Lipinski definition) is 2. The minimum absolute atomic E-state index is 0.00799.